The standard InChI is InChI=1S/C27H31N3O3S/c1-19(25(31)22-11-10-20-6-4-7-21(20)18-22)34-27-28-24-9-3-2-8-23(24)26(32)30(27)13-5-12-29-14-16-33-17-15-29/h2-3,8-11,18-19H,4-7,12-17H2,1H3. The number of fused-ring (bicyclic) bond motifs is 2. The van der Waals surface area contributed by atoms with Crippen molar-refractivity contribution in [3.63, 3.8) is 0 Å². The van der Waals surface area contributed by atoms with Crippen molar-refractivity contribution in [3.8, 4) is 0 Å². The van der Waals surface area contributed by atoms with Crippen molar-refractivity contribution in [1.82, 2.24) is 14.5 Å². The minimum absolute atomic E-state index is 0.0349. The summed E-state index contributed by atoms with van der Waals surface area (Å²) in [5.41, 5.74) is 4.06. The number of benzene rings is 2. The van der Waals surface area contributed by atoms with E-state index >= 15 is 0 Å². The first-order valence-corrected chi connectivity index (χ1v) is 13.1. The Bertz CT molecular complexity index is 1250. The van der Waals surface area contributed by atoms with E-state index in [4.69, 9.17) is 9.72 Å². The average molecular weight is 478 g/mol. The summed E-state index contributed by atoms with van der Waals surface area (Å²) in [7, 11) is 0. The smallest absolute Gasteiger partial charge is 0.262 e. The van der Waals surface area contributed by atoms with Crippen LogP contribution in [0.2, 0.25) is 0 Å². The minimum Gasteiger partial charge on any atom is -0.379 e. The monoisotopic (exact) mass is 477 g/mol. The highest BCUT2D eigenvalue weighted by Crippen LogP contribution is 2.28. The third-order valence-electron chi connectivity index (χ3n) is 6.82. The van der Waals surface area contributed by atoms with Crippen molar-refractivity contribution in [2.75, 3.05) is 32.8 Å². The molecule has 1 saturated heterocycles. The fraction of sp³-hybridized carbons (Fsp3) is 0.444. The first kappa shape index (κ1) is 23.3. The van der Waals surface area contributed by atoms with Gasteiger partial charge >= 0.3 is 0 Å². The second-order valence-electron chi connectivity index (χ2n) is 9.14. The van der Waals surface area contributed by atoms with Crippen LogP contribution in [0.15, 0.2) is 52.4 Å². The van der Waals surface area contributed by atoms with Crippen LogP contribution in [0.25, 0.3) is 10.9 Å². The van der Waals surface area contributed by atoms with Crippen molar-refractivity contribution in [1.29, 1.82) is 0 Å². The Morgan fingerprint density at radius 1 is 1.09 bits per heavy atom. The number of nitrogens with zero attached hydrogens (tertiary/aromatic N) is 3. The first-order valence-electron chi connectivity index (χ1n) is 12.2. The van der Waals surface area contributed by atoms with Gasteiger partial charge in [0.25, 0.3) is 5.56 Å². The summed E-state index contributed by atoms with van der Waals surface area (Å²) >= 11 is 1.39. The van der Waals surface area contributed by atoms with Crippen LogP contribution in [0.4, 0.5) is 0 Å². The fourth-order valence-corrected chi connectivity index (χ4v) is 5.90. The van der Waals surface area contributed by atoms with E-state index in [1.54, 1.807) is 4.57 Å². The Morgan fingerprint density at radius 2 is 1.88 bits per heavy atom. The number of hydrogen-bond donors (Lipinski definition) is 0. The van der Waals surface area contributed by atoms with E-state index in [0.29, 0.717) is 22.6 Å². The average Bonchev–Trinajstić information content (AvgIpc) is 3.34. The Kier molecular flexibility index (Phi) is 7.13. The molecule has 6 nitrogen and oxygen atoms in total. The quantitative estimate of drug-likeness (QED) is 0.278. The summed E-state index contributed by atoms with van der Waals surface area (Å²) in [6.45, 7) is 6.80. The van der Waals surface area contributed by atoms with Gasteiger partial charge in [-0.1, -0.05) is 36.0 Å². The van der Waals surface area contributed by atoms with E-state index < -0.39 is 0 Å². The lowest BCUT2D eigenvalue weighted by Gasteiger charge is -2.26. The molecule has 1 fully saturated rings. The molecular weight excluding hydrogens is 446 g/mol. The minimum atomic E-state index is -0.335. The number of morpholine rings is 1. The lowest BCUT2D eigenvalue weighted by molar-refractivity contribution is 0.0368. The molecule has 0 spiro atoms. The molecule has 5 rings (SSSR count). The fourth-order valence-electron chi connectivity index (χ4n) is 4.88. The summed E-state index contributed by atoms with van der Waals surface area (Å²) in [5.74, 6) is 0.0852. The molecule has 0 bridgehead atoms. The van der Waals surface area contributed by atoms with E-state index in [1.807, 2.05) is 37.3 Å². The number of carbonyl (C=O) groups excluding carboxylic acids is 1. The Morgan fingerprint density at radius 3 is 2.74 bits per heavy atom. The molecule has 1 atom stereocenters. The molecule has 1 aromatic heterocycles. The van der Waals surface area contributed by atoms with Gasteiger partial charge in [-0.15, -0.1) is 0 Å². The van der Waals surface area contributed by atoms with Crippen LogP contribution in [0.3, 0.4) is 0 Å². The highest BCUT2D eigenvalue weighted by Gasteiger charge is 2.22. The van der Waals surface area contributed by atoms with E-state index in [1.165, 1.54) is 22.9 Å². The highest BCUT2D eigenvalue weighted by molar-refractivity contribution is 8.00. The third-order valence-corrected chi connectivity index (χ3v) is 7.91. The van der Waals surface area contributed by atoms with Gasteiger partial charge < -0.3 is 4.74 Å². The van der Waals surface area contributed by atoms with Crippen LogP contribution in [0.5, 0.6) is 0 Å². The maximum absolute atomic E-state index is 13.4. The summed E-state index contributed by atoms with van der Waals surface area (Å²) in [6.07, 6.45) is 4.16. The van der Waals surface area contributed by atoms with Crippen molar-refractivity contribution in [2.45, 2.75) is 49.6 Å². The molecule has 178 valence electrons. The van der Waals surface area contributed by atoms with E-state index in [0.717, 1.165) is 64.1 Å². The molecule has 2 aromatic carbocycles. The molecule has 34 heavy (non-hydrogen) atoms. The Labute approximate surface area is 204 Å². The van der Waals surface area contributed by atoms with E-state index in [2.05, 4.69) is 17.0 Å². The largest absolute Gasteiger partial charge is 0.379 e. The number of ketones is 1. The molecule has 2 heterocycles. The number of Topliss-reactive ketones (excluding diaryl/α,β-unsaturated/α-hetero) is 1. The number of para-hydroxylation sites is 1. The molecule has 0 saturated carbocycles. The van der Waals surface area contributed by atoms with Crippen LogP contribution in [0.1, 0.15) is 41.3 Å². The molecule has 1 unspecified atom stereocenters. The second kappa shape index (κ2) is 10.4. The van der Waals surface area contributed by atoms with Crippen LogP contribution < -0.4 is 5.56 Å². The summed E-state index contributed by atoms with van der Waals surface area (Å²) in [4.78, 5) is 33.8. The van der Waals surface area contributed by atoms with Gasteiger partial charge in [-0.05, 0) is 61.9 Å². The predicted octanol–water partition coefficient (Wildman–Crippen LogP) is 3.97. The van der Waals surface area contributed by atoms with Gasteiger partial charge in [0.15, 0.2) is 10.9 Å². The molecule has 3 aromatic rings. The summed E-state index contributed by atoms with van der Waals surface area (Å²) in [5, 5.41) is 0.904. The zero-order chi connectivity index (χ0) is 23.5. The number of ether oxygens (including phenoxy) is 1. The SMILES string of the molecule is CC(Sc1nc2ccccc2c(=O)n1CCCN1CCOCC1)C(=O)c1ccc2c(c1)CCC2. The van der Waals surface area contributed by atoms with Crippen molar-refractivity contribution in [3.05, 3.63) is 69.5 Å². The van der Waals surface area contributed by atoms with Gasteiger partial charge in [0.2, 0.25) is 0 Å². The van der Waals surface area contributed by atoms with Gasteiger partial charge in [-0.2, -0.15) is 0 Å². The number of rotatable bonds is 8. The molecule has 0 amide bonds. The van der Waals surface area contributed by atoms with Crippen LogP contribution >= 0.6 is 11.8 Å². The lowest BCUT2D eigenvalue weighted by Crippen LogP contribution is -2.37. The number of aromatic nitrogens is 2. The van der Waals surface area contributed by atoms with Gasteiger partial charge in [-0.25, -0.2) is 4.98 Å². The third kappa shape index (κ3) is 4.97. The number of thioether (sulfide) groups is 1. The molecule has 0 radical (unpaired) electrons. The normalized spacial score (nSPS) is 17.1. The molecule has 2 aliphatic rings. The van der Waals surface area contributed by atoms with Gasteiger partial charge in [0.1, 0.15) is 0 Å². The zero-order valence-corrected chi connectivity index (χ0v) is 20.5. The van der Waals surface area contributed by atoms with Crippen LogP contribution in [-0.4, -0.2) is 58.3 Å². The molecule has 7 heteroatoms. The van der Waals surface area contributed by atoms with Crippen LogP contribution in [-0.2, 0) is 24.1 Å². The van der Waals surface area contributed by atoms with Crippen molar-refractivity contribution in [2.24, 2.45) is 0 Å². The predicted molar refractivity (Wildman–Crippen MR) is 136 cm³/mol. The Balaban J connectivity index is 1.37. The lowest BCUT2D eigenvalue weighted by atomic mass is 10.0. The maximum atomic E-state index is 13.4. The molecule has 1 aliphatic carbocycles. The molecular formula is C27H31N3O3S. The number of aryl methyl sites for hydroxylation is 2. The van der Waals surface area contributed by atoms with E-state index in [9.17, 15) is 9.59 Å². The number of hydrogen-bond acceptors (Lipinski definition) is 6. The molecule has 1 aliphatic heterocycles. The van der Waals surface area contributed by atoms with Crippen molar-refractivity contribution < 1.29 is 9.53 Å². The maximum Gasteiger partial charge on any atom is 0.262 e. The highest BCUT2D eigenvalue weighted by atomic mass is 32.2. The first-order chi connectivity index (χ1) is 16.6. The van der Waals surface area contributed by atoms with E-state index in [-0.39, 0.29) is 16.6 Å². The van der Waals surface area contributed by atoms with Gasteiger partial charge in [0, 0.05) is 31.7 Å². The summed E-state index contributed by atoms with van der Waals surface area (Å²) < 4.78 is 7.20. The van der Waals surface area contributed by atoms with Crippen molar-refractivity contribution >= 4 is 28.4 Å². The second-order valence-corrected chi connectivity index (χ2v) is 10.4. The summed E-state index contributed by atoms with van der Waals surface area (Å²) in [6, 6.07) is 13.6. The zero-order valence-electron chi connectivity index (χ0n) is 19.7. The molecule has 0 N–H and O–H groups in total. The Hall–Kier alpha value is -2.48. The van der Waals surface area contributed by atoms with Gasteiger partial charge in [0.05, 0.1) is 29.4 Å². The number of carbonyl (C=O) groups is 1. The topological polar surface area (TPSA) is 64.4 Å². The van der Waals surface area contributed by atoms with Crippen LogP contribution in [0, 0.1) is 0 Å². The van der Waals surface area contributed by atoms with Gasteiger partial charge in [-0.3, -0.25) is 19.1 Å².